The van der Waals surface area contributed by atoms with Gasteiger partial charge in [-0.05, 0) is 31.5 Å². The molecule has 1 aliphatic rings. The summed E-state index contributed by atoms with van der Waals surface area (Å²) < 4.78 is 5.40. The number of hydrogen-bond acceptors (Lipinski definition) is 5. The van der Waals surface area contributed by atoms with Crippen molar-refractivity contribution in [2.75, 3.05) is 20.2 Å². The number of aliphatic hydroxyl groups is 1. The SMILES string of the molecule is COc1ccccc1-c1nc(CN2CCCC(O)C2)cs1. The molecule has 112 valence electrons. The molecule has 1 atom stereocenters. The first-order valence-electron chi connectivity index (χ1n) is 7.24. The summed E-state index contributed by atoms with van der Waals surface area (Å²) in [5.74, 6) is 0.854. The minimum atomic E-state index is -0.189. The van der Waals surface area contributed by atoms with Crippen LogP contribution < -0.4 is 4.74 Å². The van der Waals surface area contributed by atoms with Crippen LogP contribution in [0.5, 0.6) is 5.75 Å². The number of thiazole rings is 1. The first kappa shape index (κ1) is 14.5. The molecule has 2 heterocycles. The van der Waals surface area contributed by atoms with Crippen LogP contribution in [0.25, 0.3) is 10.6 Å². The Bertz CT molecular complexity index is 599. The molecule has 0 spiro atoms. The molecule has 0 amide bonds. The molecule has 5 heteroatoms. The van der Waals surface area contributed by atoms with Crippen molar-refractivity contribution in [3.63, 3.8) is 0 Å². The molecule has 1 fully saturated rings. The molecule has 1 aromatic carbocycles. The molecule has 3 rings (SSSR count). The fourth-order valence-electron chi connectivity index (χ4n) is 2.73. The summed E-state index contributed by atoms with van der Waals surface area (Å²) >= 11 is 1.64. The molecule has 1 aliphatic heterocycles. The molecule has 21 heavy (non-hydrogen) atoms. The highest BCUT2D eigenvalue weighted by Crippen LogP contribution is 2.32. The summed E-state index contributed by atoms with van der Waals surface area (Å²) in [5.41, 5.74) is 2.10. The number of nitrogens with zero attached hydrogens (tertiary/aromatic N) is 2. The number of aliphatic hydroxyl groups excluding tert-OH is 1. The zero-order valence-corrected chi connectivity index (χ0v) is 13.0. The van der Waals surface area contributed by atoms with Crippen LogP contribution in [0.1, 0.15) is 18.5 Å². The number of aromatic nitrogens is 1. The molecule has 0 saturated carbocycles. The lowest BCUT2D eigenvalue weighted by Crippen LogP contribution is -2.37. The average Bonchev–Trinajstić information content (AvgIpc) is 2.95. The van der Waals surface area contributed by atoms with Crippen LogP contribution in [0, 0.1) is 0 Å². The van der Waals surface area contributed by atoms with E-state index in [9.17, 15) is 5.11 Å². The Kier molecular flexibility index (Phi) is 4.53. The highest BCUT2D eigenvalue weighted by atomic mass is 32.1. The number of methoxy groups -OCH3 is 1. The Labute approximate surface area is 129 Å². The molecular formula is C16H20N2O2S. The van der Waals surface area contributed by atoms with Crippen LogP contribution in [0.4, 0.5) is 0 Å². The monoisotopic (exact) mass is 304 g/mol. The largest absolute Gasteiger partial charge is 0.496 e. The number of rotatable bonds is 4. The van der Waals surface area contributed by atoms with Gasteiger partial charge in [-0.25, -0.2) is 4.98 Å². The molecule has 1 N–H and O–H groups in total. The number of benzene rings is 1. The normalized spacial score (nSPS) is 19.6. The van der Waals surface area contributed by atoms with E-state index in [2.05, 4.69) is 10.3 Å². The van der Waals surface area contributed by atoms with Crippen molar-refractivity contribution in [3.8, 4) is 16.3 Å². The Balaban J connectivity index is 1.74. The molecule has 0 bridgehead atoms. The van der Waals surface area contributed by atoms with Crippen molar-refractivity contribution in [2.24, 2.45) is 0 Å². The van der Waals surface area contributed by atoms with E-state index in [1.54, 1.807) is 18.4 Å². The van der Waals surface area contributed by atoms with E-state index in [1.165, 1.54) is 0 Å². The highest BCUT2D eigenvalue weighted by molar-refractivity contribution is 7.13. The van der Waals surface area contributed by atoms with Crippen molar-refractivity contribution in [1.29, 1.82) is 0 Å². The third kappa shape index (κ3) is 3.43. The van der Waals surface area contributed by atoms with Gasteiger partial charge in [-0.2, -0.15) is 0 Å². The van der Waals surface area contributed by atoms with E-state index in [0.29, 0.717) is 0 Å². The fourth-order valence-corrected chi connectivity index (χ4v) is 3.57. The van der Waals surface area contributed by atoms with E-state index in [-0.39, 0.29) is 6.10 Å². The quantitative estimate of drug-likeness (QED) is 0.943. The first-order valence-corrected chi connectivity index (χ1v) is 8.12. The lowest BCUT2D eigenvalue weighted by Gasteiger charge is -2.29. The third-order valence-corrected chi connectivity index (χ3v) is 4.68. The van der Waals surface area contributed by atoms with Gasteiger partial charge < -0.3 is 9.84 Å². The Morgan fingerprint density at radius 1 is 1.43 bits per heavy atom. The highest BCUT2D eigenvalue weighted by Gasteiger charge is 2.19. The summed E-state index contributed by atoms with van der Waals surface area (Å²) in [6, 6.07) is 7.95. The smallest absolute Gasteiger partial charge is 0.129 e. The van der Waals surface area contributed by atoms with Crippen LogP contribution >= 0.6 is 11.3 Å². The van der Waals surface area contributed by atoms with Crippen molar-refractivity contribution in [1.82, 2.24) is 9.88 Å². The molecule has 1 aromatic heterocycles. The Morgan fingerprint density at radius 2 is 2.29 bits per heavy atom. The van der Waals surface area contributed by atoms with Gasteiger partial charge in [0.1, 0.15) is 10.8 Å². The topological polar surface area (TPSA) is 45.6 Å². The molecule has 0 radical (unpaired) electrons. The van der Waals surface area contributed by atoms with Gasteiger partial charge in [0, 0.05) is 18.5 Å². The van der Waals surface area contributed by atoms with Crippen LogP contribution in [0.15, 0.2) is 29.6 Å². The molecule has 2 aromatic rings. The summed E-state index contributed by atoms with van der Waals surface area (Å²) in [4.78, 5) is 7.00. The summed E-state index contributed by atoms with van der Waals surface area (Å²) in [6.07, 6.45) is 1.79. The summed E-state index contributed by atoms with van der Waals surface area (Å²) in [6.45, 7) is 2.60. The Hall–Kier alpha value is -1.43. The van der Waals surface area contributed by atoms with Gasteiger partial charge in [0.15, 0.2) is 0 Å². The maximum atomic E-state index is 9.73. The predicted molar refractivity (Wildman–Crippen MR) is 84.6 cm³/mol. The van der Waals surface area contributed by atoms with Crippen molar-refractivity contribution in [3.05, 3.63) is 35.3 Å². The minimum Gasteiger partial charge on any atom is -0.496 e. The maximum absolute atomic E-state index is 9.73. The second-order valence-corrected chi connectivity index (χ2v) is 6.23. The third-order valence-electron chi connectivity index (χ3n) is 3.76. The number of likely N-dealkylation sites (tertiary alicyclic amines) is 1. The van der Waals surface area contributed by atoms with Crippen molar-refractivity contribution in [2.45, 2.75) is 25.5 Å². The average molecular weight is 304 g/mol. The van der Waals surface area contributed by atoms with E-state index in [1.807, 2.05) is 24.3 Å². The number of hydrogen-bond donors (Lipinski definition) is 1. The second-order valence-electron chi connectivity index (χ2n) is 5.38. The number of para-hydroxylation sites is 1. The van der Waals surface area contributed by atoms with Gasteiger partial charge in [0.05, 0.1) is 24.5 Å². The van der Waals surface area contributed by atoms with Gasteiger partial charge in [-0.3, -0.25) is 4.90 Å². The van der Waals surface area contributed by atoms with Crippen LogP contribution in [-0.2, 0) is 6.54 Å². The lowest BCUT2D eigenvalue weighted by atomic mass is 10.1. The minimum absolute atomic E-state index is 0.189. The predicted octanol–water partition coefficient (Wildman–Crippen LogP) is 2.78. The zero-order chi connectivity index (χ0) is 14.7. The van der Waals surface area contributed by atoms with Crippen LogP contribution in [0.2, 0.25) is 0 Å². The fraction of sp³-hybridized carbons (Fsp3) is 0.438. The van der Waals surface area contributed by atoms with Gasteiger partial charge in [0.2, 0.25) is 0 Å². The molecule has 4 nitrogen and oxygen atoms in total. The number of ether oxygens (including phenoxy) is 1. The lowest BCUT2D eigenvalue weighted by molar-refractivity contribution is 0.0663. The van der Waals surface area contributed by atoms with Crippen molar-refractivity contribution < 1.29 is 9.84 Å². The number of piperidine rings is 1. The van der Waals surface area contributed by atoms with Crippen molar-refractivity contribution >= 4 is 11.3 Å². The second kappa shape index (κ2) is 6.56. The molecule has 1 unspecified atom stereocenters. The standard InChI is InChI=1S/C16H20N2O2S/c1-20-15-7-3-2-6-14(15)16-17-12(11-21-16)9-18-8-4-5-13(19)10-18/h2-3,6-7,11,13,19H,4-5,8-10H2,1H3. The molecule has 0 aliphatic carbocycles. The number of β-amino-alcohol motifs (C(OH)–C–C–N with tert-alkyl or cyclic N) is 1. The van der Waals surface area contributed by atoms with Gasteiger partial charge in [0.25, 0.3) is 0 Å². The van der Waals surface area contributed by atoms with Gasteiger partial charge >= 0.3 is 0 Å². The Morgan fingerprint density at radius 3 is 3.10 bits per heavy atom. The van der Waals surface area contributed by atoms with E-state index >= 15 is 0 Å². The van der Waals surface area contributed by atoms with Gasteiger partial charge in [-0.15, -0.1) is 11.3 Å². The van der Waals surface area contributed by atoms with Crippen LogP contribution in [-0.4, -0.2) is 41.3 Å². The zero-order valence-electron chi connectivity index (χ0n) is 12.2. The van der Waals surface area contributed by atoms with E-state index in [0.717, 1.165) is 54.5 Å². The first-order chi connectivity index (χ1) is 10.3. The van der Waals surface area contributed by atoms with Crippen LogP contribution in [0.3, 0.4) is 0 Å². The van der Waals surface area contributed by atoms with Gasteiger partial charge in [-0.1, -0.05) is 12.1 Å². The maximum Gasteiger partial charge on any atom is 0.129 e. The molecular weight excluding hydrogens is 284 g/mol. The summed E-state index contributed by atoms with van der Waals surface area (Å²) in [5, 5.41) is 12.8. The summed E-state index contributed by atoms with van der Waals surface area (Å²) in [7, 11) is 1.68. The van der Waals surface area contributed by atoms with E-state index < -0.39 is 0 Å². The van der Waals surface area contributed by atoms with E-state index in [4.69, 9.17) is 9.72 Å². The molecule has 1 saturated heterocycles.